The van der Waals surface area contributed by atoms with Crippen molar-refractivity contribution in [1.29, 1.82) is 0 Å². The largest absolute Gasteiger partial charge is 0.353 e. The number of nitrogens with zero attached hydrogens (tertiary/aromatic N) is 5. The van der Waals surface area contributed by atoms with Crippen molar-refractivity contribution >= 4 is 29.7 Å². The van der Waals surface area contributed by atoms with Gasteiger partial charge in [-0.2, -0.15) is 0 Å². The zero-order valence-corrected chi connectivity index (χ0v) is 15.9. The minimum atomic E-state index is -0.438. The summed E-state index contributed by atoms with van der Waals surface area (Å²) in [4.78, 5) is 27.6. The van der Waals surface area contributed by atoms with E-state index in [-0.39, 0.29) is 17.9 Å². The van der Waals surface area contributed by atoms with Gasteiger partial charge in [-0.15, -0.1) is 0 Å². The predicted molar refractivity (Wildman–Crippen MR) is 103 cm³/mol. The molecule has 1 atom stereocenters. The maximum atomic E-state index is 13.9. The second-order valence-electron chi connectivity index (χ2n) is 6.95. The minimum Gasteiger partial charge on any atom is -0.353 e. The van der Waals surface area contributed by atoms with Crippen LogP contribution in [0, 0.1) is 5.82 Å². The number of amidine groups is 1. The van der Waals surface area contributed by atoms with Crippen molar-refractivity contribution in [1.82, 2.24) is 14.7 Å². The van der Waals surface area contributed by atoms with Crippen molar-refractivity contribution in [2.75, 3.05) is 32.7 Å². The quantitative estimate of drug-likeness (QED) is 0.796. The summed E-state index contributed by atoms with van der Waals surface area (Å²) in [7, 11) is 0. The van der Waals surface area contributed by atoms with Gasteiger partial charge in [-0.05, 0) is 19.1 Å². The van der Waals surface area contributed by atoms with Gasteiger partial charge in [-0.1, -0.05) is 17.7 Å². The Kier molecular flexibility index (Phi) is 4.86. The molecule has 4 rings (SSSR count). The van der Waals surface area contributed by atoms with E-state index in [2.05, 4.69) is 26.7 Å². The molecular formula is C19H21ClFN5O. The van der Waals surface area contributed by atoms with Gasteiger partial charge in [0.05, 0.1) is 25.3 Å². The third-order valence-electron chi connectivity index (χ3n) is 5.18. The molecule has 0 spiro atoms. The molecule has 0 aromatic heterocycles. The summed E-state index contributed by atoms with van der Waals surface area (Å²) in [5.41, 5.74) is 0.264. The van der Waals surface area contributed by atoms with Gasteiger partial charge in [-0.25, -0.2) is 9.38 Å². The molecule has 3 aliphatic rings. The molecule has 0 bridgehead atoms. The van der Waals surface area contributed by atoms with Gasteiger partial charge in [0.15, 0.2) is 0 Å². The van der Waals surface area contributed by atoms with Crippen LogP contribution in [0.5, 0.6) is 0 Å². The van der Waals surface area contributed by atoms with E-state index in [0.29, 0.717) is 37.2 Å². The molecule has 3 heterocycles. The lowest BCUT2D eigenvalue weighted by atomic mass is 10.1. The number of carbonyl (C=O) groups is 1. The normalized spacial score (nSPS) is 21.9. The van der Waals surface area contributed by atoms with E-state index < -0.39 is 5.82 Å². The van der Waals surface area contributed by atoms with Gasteiger partial charge >= 0.3 is 0 Å². The van der Waals surface area contributed by atoms with E-state index >= 15 is 0 Å². The summed E-state index contributed by atoms with van der Waals surface area (Å²) >= 11 is 6.03. The second-order valence-corrected chi connectivity index (χ2v) is 7.35. The summed E-state index contributed by atoms with van der Waals surface area (Å²) in [6.45, 7) is 5.42. The fraction of sp³-hybridized carbons (Fsp3) is 0.421. The lowest BCUT2D eigenvalue weighted by Gasteiger charge is -2.37. The fourth-order valence-corrected chi connectivity index (χ4v) is 3.74. The Bertz CT molecular complexity index is 824. The van der Waals surface area contributed by atoms with Crippen LogP contribution in [0.4, 0.5) is 4.39 Å². The Hall–Kier alpha value is -2.41. The maximum absolute atomic E-state index is 13.9. The first kappa shape index (κ1) is 18.0. The Morgan fingerprint density at radius 1 is 1.30 bits per heavy atom. The average molecular weight is 390 g/mol. The van der Waals surface area contributed by atoms with E-state index in [1.807, 2.05) is 12.4 Å². The average Bonchev–Trinajstić information content (AvgIpc) is 3.05. The molecule has 142 valence electrons. The first-order valence-corrected chi connectivity index (χ1v) is 9.45. The predicted octanol–water partition coefficient (Wildman–Crippen LogP) is 2.15. The molecule has 1 aromatic carbocycles. The van der Waals surface area contributed by atoms with Crippen LogP contribution < -0.4 is 0 Å². The molecule has 8 heteroatoms. The molecule has 1 fully saturated rings. The molecule has 6 nitrogen and oxygen atoms in total. The van der Waals surface area contributed by atoms with E-state index in [9.17, 15) is 9.18 Å². The van der Waals surface area contributed by atoms with Crippen molar-refractivity contribution in [3.8, 4) is 0 Å². The van der Waals surface area contributed by atoms with Crippen molar-refractivity contribution in [3.05, 3.63) is 46.5 Å². The highest BCUT2D eigenvalue weighted by molar-refractivity contribution is 6.31. The number of rotatable bonds is 3. The number of hydrogen-bond acceptors (Lipinski definition) is 5. The Labute approximate surface area is 162 Å². The highest BCUT2D eigenvalue weighted by Gasteiger charge is 2.28. The fourth-order valence-electron chi connectivity index (χ4n) is 3.51. The second kappa shape index (κ2) is 7.31. The topological polar surface area (TPSA) is 51.5 Å². The number of piperazine rings is 1. The van der Waals surface area contributed by atoms with Gasteiger partial charge in [0.25, 0.3) is 0 Å². The molecule has 0 N–H and O–H groups in total. The summed E-state index contributed by atoms with van der Waals surface area (Å²) < 4.78 is 13.9. The SMILES string of the molecule is CC1CN=C2C=C(N3CCN(C(=O)Cc4c(F)cccc4Cl)CC3)N=CN21. The van der Waals surface area contributed by atoms with Crippen LogP contribution in [0.25, 0.3) is 0 Å². The van der Waals surface area contributed by atoms with Crippen LogP contribution in [0.2, 0.25) is 5.02 Å². The number of amides is 1. The van der Waals surface area contributed by atoms with Crippen LogP contribution in [0.3, 0.4) is 0 Å². The van der Waals surface area contributed by atoms with Crippen LogP contribution in [0.1, 0.15) is 12.5 Å². The molecule has 3 aliphatic heterocycles. The number of fused-ring (bicyclic) bond motifs is 1. The summed E-state index contributed by atoms with van der Waals surface area (Å²) in [5, 5.41) is 0.291. The third-order valence-corrected chi connectivity index (χ3v) is 5.53. The van der Waals surface area contributed by atoms with Crippen LogP contribution >= 0.6 is 11.6 Å². The first-order chi connectivity index (χ1) is 13.0. The lowest BCUT2D eigenvalue weighted by molar-refractivity contribution is -0.132. The molecule has 0 aliphatic carbocycles. The van der Waals surface area contributed by atoms with Crippen molar-refractivity contribution in [3.63, 3.8) is 0 Å². The maximum Gasteiger partial charge on any atom is 0.227 e. The summed E-state index contributed by atoms with van der Waals surface area (Å²) in [6.07, 6.45) is 3.82. The minimum absolute atomic E-state index is 0.0178. The van der Waals surface area contributed by atoms with Crippen LogP contribution in [-0.2, 0) is 11.2 Å². The molecule has 1 unspecified atom stereocenters. The number of benzene rings is 1. The number of aliphatic imine (C=N–C) groups is 2. The molecular weight excluding hydrogens is 369 g/mol. The Morgan fingerprint density at radius 3 is 2.81 bits per heavy atom. The molecule has 1 saturated heterocycles. The number of carbonyl (C=O) groups excluding carboxylic acids is 1. The van der Waals surface area contributed by atoms with Crippen molar-refractivity contribution in [2.24, 2.45) is 9.98 Å². The van der Waals surface area contributed by atoms with Crippen LogP contribution in [-0.4, -0.2) is 71.5 Å². The highest BCUT2D eigenvalue weighted by atomic mass is 35.5. The van der Waals surface area contributed by atoms with E-state index in [4.69, 9.17) is 11.6 Å². The van der Waals surface area contributed by atoms with E-state index in [1.165, 1.54) is 6.07 Å². The summed E-state index contributed by atoms with van der Waals surface area (Å²) in [5.74, 6) is 1.28. The Balaban J connectivity index is 1.36. The highest BCUT2D eigenvalue weighted by Crippen LogP contribution is 2.22. The lowest BCUT2D eigenvalue weighted by Crippen LogP contribution is -2.49. The van der Waals surface area contributed by atoms with Gasteiger partial charge in [0, 0.05) is 42.8 Å². The zero-order chi connectivity index (χ0) is 19.0. The molecule has 0 radical (unpaired) electrons. The van der Waals surface area contributed by atoms with Gasteiger partial charge in [0.2, 0.25) is 5.91 Å². The van der Waals surface area contributed by atoms with Crippen molar-refractivity contribution < 1.29 is 9.18 Å². The monoisotopic (exact) mass is 389 g/mol. The smallest absolute Gasteiger partial charge is 0.227 e. The summed E-state index contributed by atoms with van der Waals surface area (Å²) in [6, 6.07) is 4.82. The van der Waals surface area contributed by atoms with Gasteiger partial charge in [-0.3, -0.25) is 9.79 Å². The third kappa shape index (κ3) is 3.56. The van der Waals surface area contributed by atoms with Gasteiger partial charge in [0.1, 0.15) is 17.5 Å². The number of hydrogen-bond donors (Lipinski definition) is 0. The molecule has 1 amide bonds. The van der Waals surface area contributed by atoms with E-state index in [1.54, 1.807) is 17.0 Å². The van der Waals surface area contributed by atoms with Crippen LogP contribution in [0.15, 0.2) is 40.1 Å². The zero-order valence-electron chi connectivity index (χ0n) is 15.1. The first-order valence-electron chi connectivity index (χ1n) is 9.07. The Morgan fingerprint density at radius 2 is 2.07 bits per heavy atom. The molecule has 27 heavy (non-hydrogen) atoms. The van der Waals surface area contributed by atoms with Gasteiger partial charge < -0.3 is 14.7 Å². The van der Waals surface area contributed by atoms with Crippen molar-refractivity contribution in [2.45, 2.75) is 19.4 Å². The standard InChI is InChI=1S/C19H21ClFN5O/c1-13-11-22-18-10-17(23-12-26(13)18)24-5-7-25(8-6-24)19(27)9-14-15(20)3-2-4-16(14)21/h2-4,10,12-13H,5-9,11H2,1H3. The molecule has 1 aromatic rings. The molecule has 0 saturated carbocycles. The van der Waals surface area contributed by atoms with E-state index in [0.717, 1.165) is 18.2 Å². The number of halogens is 2.